The molecule has 0 unspecified atom stereocenters. The van der Waals surface area contributed by atoms with Crippen LogP contribution in [0.25, 0.3) is 22.1 Å². The van der Waals surface area contributed by atoms with Crippen molar-refractivity contribution in [2.75, 3.05) is 5.73 Å². The Labute approximate surface area is 194 Å². The monoisotopic (exact) mass is 453 g/mol. The molecule has 5 rings (SSSR count). The number of hydrogen-bond donors (Lipinski definition) is 2. The lowest BCUT2D eigenvalue weighted by atomic mass is 10.0. The van der Waals surface area contributed by atoms with E-state index < -0.39 is 11.9 Å². The lowest BCUT2D eigenvalue weighted by Gasteiger charge is -2.21. The Morgan fingerprint density at radius 2 is 1.91 bits per heavy atom. The molecule has 0 saturated heterocycles. The number of amides is 1. The highest BCUT2D eigenvalue weighted by Gasteiger charge is 2.24. The third-order valence-electron chi connectivity index (χ3n) is 5.89. The number of hydrogen-bond acceptors (Lipinski definition) is 6. The van der Waals surface area contributed by atoms with Gasteiger partial charge in [-0.3, -0.25) is 14.2 Å². The normalized spacial score (nSPS) is 12.2. The van der Waals surface area contributed by atoms with Crippen molar-refractivity contribution in [1.29, 1.82) is 0 Å². The van der Waals surface area contributed by atoms with E-state index in [1.807, 2.05) is 68.4 Å². The van der Waals surface area contributed by atoms with E-state index in [2.05, 4.69) is 20.5 Å². The van der Waals surface area contributed by atoms with Gasteiger partial charge >= 0.3 is 0 Å². The molecule has 0 aliphatic heterocycles. The Kier molecular flexibility index (Phi) is 5.29. The summed E-state index contributed by atoms with van der Waals surface area (Å²) in [6.45, 7) is 3.86. The summed E-state index contributed by atoms with van der Waals surface area (Å²) in [6, 6.07) is 16.7. The molecule has 9 heteroatoms. The van der Waals surface area contributed by atoms with Gasteiger partial charge < -0.3 is 11.1 Å². The molecule has 0 radical (unpaired) electrons. The Morgan fingerprint density at radius 1 is 1.12 bits per heavy atom. The second kappa shape index (κ2) is 8.43. The lowest BCUT2D eigenvalue weighted by molar-refractivity contribution is 0.0941. The lowest BCUT2D eigenvalue weighted by Crippen LogP contribution is -2.32. The Morgan fingerprint density at radius 3 is 2.68 bits per heavy atom. The van der Waals surface area contributed by atoms with Gasteiger partial charge in [0.25, 0.3) is 11.5 Å². The van der Waals surface area contributed by atoms with E-state index in [1.165, 1.54) is 17.0 Å². The van der Waals surface area contributed by atoms with Crippen LogP contribution in [0, 0.1) is 0 Å². The number of nitrogen functional groups attached to an aromatic ring is 1. The van der Waals surface area contributed by atoms with Crippen LogP contribution in [-0.2, 0) is 6.42 Å². The van der Waals surface area contributed by atoms with Gasteiger partial charge in [-0.2, -0.15) is 5.10 Å². The Bertz CT molecular complexity index is 1590. The summed E-state index contributed by atoms with van der Waals surface area (Å²) in [6.07, 6.45) is 3.67. The first-order valence-corrected chi connectivity index (χ1v) is 11.0. The summed E-state index contributed by atoms with van der Waals surface area (Å²) >= 11 is 0. The SMILES string of the molecule is CCc1cccc2cc([C@H](C)NC(=O)c3c(N)nn4nccnc34)n(-c3ccccc3)c(=O)c12. The second-order valence-electron chi connectivity index (χ2n) is 7.99. The van der Waals surface area contributed by atoms with E-state index in [4.69, 9.17) is 5.73 Å². The van der Waals surface area contributed by atoms with Gasteiger partial charge in [0, 0.05) is 17.6 Å². The smallest absolute Gasteiger partial charge is 0.263 e. The van der Waals surface area contributed by atoms with E-state index in [9.17, 15) is 9.59 Å². The Balaban J connectivity index is 1.64. The molecule has 3 aromatic heterocycles. The fraction of sp³-hybridized carbons (Fsp3) is 0.160. The molecular weight excluding hydrogens is 430 g/mol. The molecule has 2 aromatic carbocycles. The highest BCUT2D eigenvalue weighted by molar-refractivity contribution is 6.04. The topological polar surface area (TPSA) is 120 Å². The average Bonchev–Trinajstić information content (AvgIpc) is 3.19. The van der Waals surface area contributed by atoms with E-state index >= 15 is 0 Å². The molecule has 0 saturated carbocycles. The number of nitrogens with one attached hydrogen (secondary N) is 1. The van der Waals surface area contributed by atoms with Crippen molar-refractivity contribution < 1.29 is 4.79 Å². The number of aryl methyl sites for hydroxylation is 1. The van der Waals surface area contributed by atoms with Gasteiger partial charge in [0.15, 0.2) is 11.5 Å². The minimum atomic E-state index is -0.527. The predicted octanol–water partition coefficient (Wildman–Crippen LogP) is 3.06. The van der Waals surface area contributed by atoms with Crippen molar-refractivity contribution in [2.24, 2.45) is 0 Å². The van der Waals surface area contributed by atoms with Crippen LogP contribution in [-0.4, -0.2) is 30.3 Å². The molecule has 0 bridgehead atoms. The zero-order chi connectivity index (χ0) is 23.8. The van der Waals surface area contributed by atoms with Crippen LogP contribution in [0.3, 0.4) is 0 Å². The Hall–Kier alpha value is -4.53. The number of para-hydroxylation sites is 1. The molecule has 0 spiro atoms. The number of carbonyl (C=O) groups is 1. The van der Waals surface area contributed by atoms with Gasteiger partial charge in [-0.1, -0.05) is 43.3 Å². The highest BCUT2D eigenvalue weighted by Crippen LogP contribution is 2.24. The van der Waals surface area contributed by atoms with Gasteiger partial charge in [-0.25, -0.2) is 4.98 Å². The van der Waals surface area contributed by atoms with Crippen LogP contribution < -0.4 is 16.6 Å². The van der Waals surface area contributed by atoms with Crippen LogP contribution in [0.2, 0.25) is 0 Å². The first-order chi connectivity index (χ1) is 16.5. The quantitative estimate of drug-likeness (QED) is 0.422. The first-order valence-electron chi connectivity index (χ1n) is 11.0. The summed E-state index contributed by atoms with van der Waals surface area (Å²) in [4.78, 5) is 31.2. The third-order valence-corrected chi connectivity index (χ3v) is 5.89. The molecule has 9 nitrogen and oxygen atoms in total. The summed E-state index contributed by atoms with van der Waals surface area (Å²) in [5.74, 6) is -0.419. The number of pyridine rings is 1. The second-order valence-corrected chi connectivity index (χ2v) is 7.99. The van der Waals surface area contributed by atoms with Crippen LogP contribution in [0.5, 0.6) is 0 Å². The van der Waals surface area contributed by atoms with E-state index in [0.29, 0.717) is 11.1 Å². The van der Waals surface area contributed by atoms with E-state index in [-0.39, 0.29) is 22.6 Å². The van der Waals surface area contributed by atoms with Crippen LogP contribution in [0.1, 0.15) is 41.5 Å². The van der Waals surface area contributed by atoms with Crippen LogP contribution >= 0.6 is 0 Å². The van der Waals surface area contributed by atoms with Crippen molar-refractivity contribution in [1.82, 2.24) is 29.7 Å². The highest BCUT2D eigenvalue weighted by atomic mass is 16.2. The molecule has 1 atom stereocenters. The van der Waals surface area contributed by atoms with Crippen molar-refractivity contribution >= 4 is 28.1 Å². The summed E-state index contributed by atoms with van der Waals surface area (Å²) < 4.78 is 2.88. The zero-order valence-corrected chi connectivity index (χ0v) is 18.8. The number of carbonyl (C=O) groups excluding carboxylic acids is 1. The molecule has 1 amide bonds. The molecule has 0 aliphatic rings. The van der Waals surface area contributed by atoms with Crippen molar-refractivity contribution in [3.05, 3.63) is 94.2 Å². The van der Waals surface area contributed by atoms with Gasteiger partial charge in [-0.15, -0.1) is 9.73 Å². The predicted molar refractivity (Wildman–Crippen MR) is 130 cm³/mol. The number of fused-ring (bicyclic) bond motifs is 2. The maximum atomic E-state index is 13.8. The molecule has 0 fully saturated rings. The molecule has 5 aromatic rings. The molecule has 170 valence electrons. The van der Waals surface area contributed by atoms with Crippen molar-refractivity contribution in [2.45, 2.75) is 26.3 Å². The fourth-order valence-corrected chi connectivity index (χ4v) is 4.28. The third kappa shape index (κ3) is 3.47. The number of benzene rings is 2. The maximum Gasteiger partial charge on any atom is 0.263 e. The molecule has 3 N–H and O–H groups in total. The van der Waals surface area contributed by atoms with E-state index in [1.54, 1.807) is 4.57 Å². The molecular formula is C25H23N7O2. The van der Waals surface area contributed by atoms with Crippen LogP contribution in [0.15, 0.2) is 71.8 Å². The summed E-state index contributed by atoms with van der Waals surface area (Å²) in [5, 5.41) is 12.6. The fourth-order valence-electron chi connectivity index (χ4n) is 4.28. The number of nitrogens with two attached hydrogens (primary N) is 1. The van der Waals surface area contributed by atoms with Crippen LogP contribution in [0.4, 0.5) is 5.82 Å². The largest absolute Gasteiger partial charge is 0.381 e. The summed E-state index contributed by atoms with van der Waals surface area (Å²) in [7, 11) is 0. The van der Waals surface area contributed by atoms with Gasteiger partial charge in [0.05, 0.1) is 17.6 Å². The zero-order valence-electron chi connectivity index (χ0n) is 18.8. The first kappa shape index (κ1) is 21.3. The number of aromatic nitrogens is 5. The average molecular weight is 454 g/mol. The number of nitrogens with zero attached hydrogens (tertiary/aromatic N) is 5. The van der Waals surface area contributed by atoms with Gasteiger partial charge in [-0.05, 0) is 42.5 Å². The van der Waals surface area contributed by atoms with Crippen molar-refractivity contribution in [3.8, 4) is 5.69 Å². The molecule has 34 heavy (non-hydrogen) atoms. The van der Waals surface area contributed by atoms with Gasteiger partial charge in [0.1, 0.15) is 5.56 Å². The minimum absolute atomic E-state index is 0.0300. The van der Waals surface area contributed by atoms with Crippen molar-refractivity contribution in [3.63, 3.8) is 0 Å². The minimum Gasteiger partial charge on any atom is -0.381 e. The number of rotatable bonds is 5. The standard InChI is InChI=1S/C25H23N7O2/c1-3-16-8-7-9-17-14-19(31(25(34)20(16)17)18-10-5-4-6-11-18)15(2)29-24(33)21-22(26)30-32-23(21)27-12-13-28-32/h4-15H,3H2,1-2H3,(H2,26,30)(H,29,33)/t15-/m0/s1. The van der Waals surface area contributed by atoms with Gasteiger partial charge in [0.2, 0.25) is 0 Å². The van der Waals surface area contributed by atoms with E-state index in [0.717, 1.165) is 23.1 Å². The summed E-state index contributed by atoms with van der Waals surface area (Å²) in [5.41, 5.74) is 8.61. The number of anilines is 1. The maximum absolute atomic E-state index is 13.8. The molecule has 0 aliphatic carbocycles. The molecule has 3 heterocycles.